The molecule has 9 heteroatoms. The van der Waals surface area contributed by atoms with E-state index in [2.05, 4.69) is 0 Å². The monoisotopic (exact) mass is 471 g/mol. The molecule has 0 N–H and O–H groups in total. The smallest absolute Gasteiger partial charge is 0.275 e. The number of ether oxygens (including phenoxy) is 1. The highest BCUT2D eigenvalue weighted by molar-refractivity contribution is 7.90. The number of carbonyl (C=O) groups excluding carboxylic acids is 1. The van der Waals surface area contributed by atoms with Crippen molar-refractivity contribution in [3.05, 3.63) is 40.9 Å². The van der Waals surface area contributed by atoms with E-state index in [0.717, 1.165) is 6.26 Å². The third-order valence-corrected chi connectivity index (χ3v) is 7.26. The molecule has 3 heterocycles. The maximum Gasteiger partial charge on any atom is 0.275 e. The van der Waals surface area contributed by atoms with Crippen LogP contribution in [-0.4, -0.2) is 42.9 Å². The molecule has 0 radical (unpaired) electrons. The van der Waals surface area contributed by atoms with Crippen LogP contribution < -0.4 is 15.2 Å². The van der Waals surface area contributed by atoms with Crippen molar-refractivity contribution in [3.63, 3.8) is 0 Å². The lowest BCUT2D eigenvalue weighted by Gasteiger charge is -2.35. The maximum atomic E-state index is 13.1. The van der Waals surface area contributed by atoms with Crippen LogP contribution in [0.3, 0.4) is 0 Å². The summed E-state index contributed by atoms with van der Waals surface area (Å²) in [5.41, 5.74) is 1.98. The molecule has 4 rings (SSSR count). The van der Waals surface area contributed by atoms with E-state index < -0.39 is 15.9 Å². The van der Waals surface area contributed by atoms with E-state index in [-0.39, 0.29) is 28.3 Å². The molecule has 176 valence electrons. The van der Waals surface area contributed by atoms with Crippen LogP contribution in [-0.2, 0) is 21.7 Å². The van der Waals surface area contributed by atoms with Gasteiger partial charge in [-0.25, -0.2) is 8.42 Å². The van der Waals surface area contributed by atoms with E-state index in [1.54, 1.807) is 41.7 Å². The number of fused-ring (bicyclic) bond motifs is 2. The summed E-state index contributed by atoms with van der Waals surface area (Å²) in [4.78, 5) is 27.6. The predicted molar refractivity (Wildman–Crippen MR) is 129 cm³/mol. The van der Waals surface area contributed by atoms with Crippen molar-refractivity contribution in [2.24, 2.45) is 13.0 Å². The minimum atomic E-state index is -3.59. The molecular formula is C24H29N3O5S. The van der Waals surface area contributed by atoms with Gasteiger partial charge in [0.1, 0.15) is 5.52 Å². The van der Waals surface area contributed by atoms with Crippen LogP contribution in [0.4, 0.5) is 5.69 Å². The first kappa shape index (κ1) is 23.1. The summed E-state index contributed by atoms with van der Waals surface area (Å²) in [6, 6.07) is 4.78. The van der Waals surface area contributed by atoms with Crippen LogP contribution in [0.25, 0.3) is 22.0 Å². The lowest BCUT2D eigenvalue weighted by atomic mass is 9.98. The number of sulfone groups is 1. The molecular weight excluding hydrogens is 442 g/mol. The van der Waals surface area contributed by atoms with Gasteiger partial charge in [0.2, 0.25) is 0 Å². The van der Waals surface area contributed by atoms with Crippen LogP contribution in [0, 0.1) is 5.92 Å². The average Bonchev–Trinajstić information content (AvgIpc) is 3.11. The number of rotatable bonds is 4. The van der Waals surface area contributed by atoms with E-state index in [9.17, 15) is 18.0 Å². The van der Waals surface area contributed by atoms with Gasteiger partial charge in [-0.05, 0) is 38.0 Å². The zero-order chi connectivity index (χ0) is 24.4. The Bertz CT molecular complexity index is 1450. The Hall–Kier alpha value is -3.07. The van der Waals surface area contributed by atoms with Crippen LogP contribution in [0.2, 0.25) is 0 Å². The molecule has 0 saturated heterocycles. The molecule has 0 aliphatic carbocycles. The summed E-state index contributed by atoms with van der Waals surface area (Å²) in [5.74, 6) is 0.116. The summed E-state index contributed by atoms with van der Waals surface area (Å²) in [6.07, 6.45) is 3.99. The number of amides is 1. The predicted octanol–water partition coefficient (Wildman–Crippen LogP) is 3.37. The fraction of sp³-hybridized carbons (Fsp3) is 0.417. The first-order valence-corrected chi connectivity index (χ1v) is 12.7. The summed E-state index contributed by atoms with van der Waals surface area (Å²) < 4.78 is 34.7. The second-order valence-corrected chi connectivity index (χ2v) is 11.3. The van der Waals surface area contributed by atoms with Crippen LogP contribution in [0.1, 0.15) is 33.7 Å². The second kappa shape index (κ2) is 7.76. The normalized spacial score (nSPS) is 16.6. The number of anilines is 1. The van der Waals surface area contributed by atoms with Gasteiger partial charge in [-0.1, -0.05) is 13.8 Å². The number of nitrogens with zero attached hydrogens (tertiary/aromatic N) is 3. The number of hydrogen-bond donors (Lipinski definition) is 0. The summed E-state index contributed by atoms with van der Waals surface area (Å²) >= 11 is 0. The Morgan fingerprint density at radius 1 is 1.03 bits per heavy atom. The summed E-state index contributed by atoms with van der Waals surface area (Å²) in [5, 5.41) is 0.691. The molecule has 1 aliphatic rings. The molecule has 3 aromatic rings. The molecule has 0 bridgehead atoms. The zero-order valence-electron chi connectivity index (χ0n) is 19.9. The van der Waals surface area contributed by atoms with Crippen LogP contribution in [0.5, 0.6) is 5.75 Å². The quantitative estimate of drug-likeness (QED) is 0.582. The standard InChI is InChI=1S/C24H29N3O5S/c1-13(2)21-24(29)26(6)19-11-15(33(7,30)31)10-17(22(19)32-21)18-12-27(14(3)4)23(28)20-16(18)8-9-25(20)5/h8-14,21H,1-7H3. The lowest BCUT2D eigenvalue weighted by molar-refractivity contribution is -0.127. The van der Waals surface area contributed by atoms with Crippen molar-refractivity contribution in [3.8, 4) is 16.9 Å². The number of benzene rings is 1. The highest BCUT2D eigenvalue weighted by Crippen LogP contribution is 2.46. The third-order valence-electron chi connectivity index (χ3n) is 6.17. The van der Waals surface area contributed by atoms with Gasteiger partial charge in [0.25, 0.3) is 11.5 Å². The van der Waals surface area contributed by atoms with Crippen molar-refractivity contribution < 1.29 is 17.9 Å². The number of aromatic nitrogens is 2. The molecule has 8 nitrogen and oxygen atoms in total. The van der Waals surface area contributed by atoms with Gasteiger partial charge in [-0.3, -0.25) is 9.59 Å². The van der Waals surface area contributed by atoms with Crippen molar-refractivity contribution in [1.82, 2.24) is 9.13 Å². The molecule has 0 fully saturated rings. The minimum Gasteiger partial charge on any atom is -0.477 e. The van der Waals surface area contributed by atoms with Gasteiger partial charge in [0.05, 0.1) is 10.6 Å². The Morgan fingerprint density at radius 3 is 2.27 bits per heavy atom. The Balaban J connectivity index is 2.15. The zero-order valence-corrected chi connectivity index (χ0v) is 20.7. The van der Waals surface area contributed by atoms with E-state index >= 15 is 0 Å². The molecule has 2 aromatic heterocycles. The number of pyridine rings is 1. The van der Waals surface area contributed by atoms with Crippen molar-refractivity contribution in [2.45, 2.75) is 44.7 Å². The van der Waals surface area contributed by atoms with Crippen LogP contribution in [0.15, 0.2) is 40.3 Å². The molecule has 1 amide bonds. The Morgan fingerprint density at radius 2 is 1.70 bits per heavy atom. The number of hydrogen-bond acceptors (Lipinski definition) is 5. The number of carbonyl (C=O) groups is 1. The molecule has 1 unspecified atom stereocenters. The number of aryl methyl sites for hydroxylation is 1. The van der Waals surface area contributed by atoms with Crippen molar-refractivity contribution >= 4 is 32.3 Å². The van der Waals surface area contributed by atoms with Crippen LogP contribution >= 0.6 is 0 Å². The molecule has 33 heavy (non-hydrogen) atoms. The fourth-order valence-corrected chi connectivity index (χ4v) is 4.94. The first-order chi connectivity index (χ1) is 15.3. The van der Waals surface area contributed by atoms with Gasteiger partial charge in [-0.15, -0.1) is 0 Å². The van der Waals surface area contributed by atoms with Crippen molar-refractivity contribution in [2.75, 3.05) is 18.2 Å². The summed E-state index contributed by atoms with van der Waals surface area (Å²) in [6.45, 7) is 7.64. The Kier molecular flexibility index (Phi) is 5.43. The molecule has 1 aliphatic heterocycles. The van der Waals surface area contributed by atoms with Gasteiger partial charge in [0.15, 0.2) is 21.7 Å². The largest absolute Gasteiger partial charge is 0.477 e. The molecule has 1 aromatic carbocycles. The van der Waals surface area contributed by atoms with Gasteiger partial charge in [-0.2, -0.15) is 0 Å². The molecule has 0 saturated carbocycles. The first-order valence-electron chi connectivity index (χ1n) is 10.9. The topological polar surface area (TPSA) is 90.6 Å². The molecule has 1 atom stereocenters. The Labute approximate surface area is 193 Å². The molecule has 0 spiro atoms. The fourth-order valence-electron chi connectivity index (χ4n) is 4.28. The highest BCUT2D eigenvalue weighted by atomic mass is 32.2. The van der Waals surface area contributed by atoms with Gasteiger partial charge in [0, 0.05) is 55.3 Å². The SMILES string of the molecule is CC(C)C1Oc2c(-c3cn(C(C)C)c(=O)c4c3ccn4C)cc(S(C)(=O)=O)cc2N(C)C1=O. The second-order valence-electron chi connectivity index (χ2n) is 9.31. The highest BCUT2D eigenvalue weighted by Gasteiger charge is 2.37. The van der Waals surface area contributed by atoms with Crippen molar-refractivity contribution in [1.29, 1.82) is 0 Å². The maximum absolute atomic E-state index is 13.1. The lowest BCUT2D eigenvalue weighted by Crippen LogP contribution is -2.46. The van der Waals surface area contributed by atoms with E-state index in [0.29, 0.717) is 33.5 Å². The third kappa shape index (κ3) is 3.64. The van der Waals surface area contributed by atoms with E-state index in [4.69, 9.17) is 4.74 Å². The minimum absolute atomic E-state index is 0.0777. The number of likely N-dealkylation sites (N-methyl/N-ethyl adjacent to an activating group) is 1. The van der Waals surface area contributed by atoms with Gasteiger partial charge < -0.3 is 18.8 Å². The van der Waals surface area contributed by atoms with E-state index in [1.165, 1.54) is 11.0 Å². The average molecular weight is 472 g/mol. The summed E-state index contributed by atoms with van der Waals surface area (Å²) in [7, 11) is -0.157. The van der Waals surface area contributed by atoms with Gasteiger partial charge >= 0.3 is 0 Å². The van der Waals surface area contributed by atoms with E-state index in [1.807, 2.05) is 33.8 Å².